The van der Waals surface area contributed by atoms with Crippen LogP contribution < -0.4 is 5.32 Å². The first-order chi connectivity index (χ1) is 10.2. The molecule has 2 rings (SSSR count). The van der Waals surface area contributed by atoms with Gasteiger partial charge in [0.1, 0.15) is 0 Å². The average molecular weight is 305 g/mol. The summed E-state index contributed by atoms with van der Waals surface area (Å²) >= 11 is 1.38. The van der Waals surface area contributed by atoms with Crippen LogP contribution >= 0.6 is 11.8 Å². The van der Waals surface area contributed by atoms with E-state index in [0.29, 0.717) is 12.4 Å². The van der Waals surface area contributed by atoms with Gasteiger partial charge in [-0.05, 0) is 12.5 Å². The molecule has 1 unspecified atom stereocenters. The Labute approximate surface area is 128 Å². The predicted molar refractivity (Wildman–Crippen MR) is 84.2 cm³/mol. The van der Waals surface area contributed by atoms with Crippen molar-refractivity contribution in [3.05, 3.63) is 36.5 Å². The molecule has 0 spiro atoms. The molecule has 2 aromatic rings. The first-order valence-electron chi connectivity index (χ1n) is 6.70. The molecule has 0 fully saturated rings. The second-order valence-corrected chi connectivity index (χ2v) is 5.64. The van der Waals surface area contributed by atoms with Gasteiger partial charge in [0, 0.05) is 13.2 Å². The van der Waals surface area contributed by atoms with Crippen LogP contribution in [0.3, 0.4) is 0 Å². The van der Waals surface area contributed by atoms with Gasteiger partial charge in [-0.25, -0.2) is 4.98 Å². The number of nitrogens with one attached hydrogen (secondary N) is 2. The van der Waals surface area contributed by atoms with Crippen LogP contribution in [0.15, 0.2) is 41.7 Å². The second-order valence-electron chi connectivity index (χ2n) is 4.68. The number of thioether (sulfide) groups is 1. The summed E-state index contributed by atoms with van der Waals surface area (Å²) in [6.07, 6.45) is 1.78. The van der Waals surface area contributed by atoms with Crippen LogP contribution in [-0.4, -0.2) is 41.4 Å². The van der Waals surface area contributed by atoms with Crippen LogP contribution in [0.1, 0.15) is 6.92 Å². The molecule has 0 saturated heterocycles. The number of ether oxygens (including phenoxy) is 1. The number of methoxy groups -OCH3 is 1. The summed E-state index contributed by atoms with van der Waals surface area (Å²) in [5.74, 6) is 0.303. The topological polar surface area (TPSA) is 67.0 Å². The van der Waals surface area contributed by atoms with E-state index in [2.05, 4.69) is 15.3 Å². The zero-order valence-electron chi connectivity index (χ0n) is 12.1. The molecule has 0 bridgehead atoms. The van der Waals surface area contributed by atoms with E-state index >= 15 is 0 Å². The zero-order chi connectivity index (χ0) is 15.1. The molecule has 0 aliphatic rings. The number of H-pyrrole nitrogens is 1. The van der Waals surface area contributed by atoms with E-state index < -0.39 is 0 Å². The van der Waals surface area contributed by atoms with Gasteiger partial charge in [0.15, 0.2) is 5.16 Å². The van der Waals surface area contributed by atoms with Gasteiger partial charge in [0.05, 0.1) is 24.3 Å². The van der Waals surface area contributed by atoms with Crippen molar-refractivity contribution in [2.24, 2.45) is 0 Å². The maximum absolute atomic E-state index is 11.7. The van der Waals surface area contributed by atoms with E-state index in [4.69, 9.17) is 4.74 Å². The molecule has 1 aromatic carbocycles. The van der Waals surface area contributed by atoms with Crippen LogP contribution in [0.5, 0.6) is 0 Å². The normalized spacial score (nSPS) is 12.1. The van der Waals surface area contributed by atoms with E-state index in [-0.39, 0.29) is 11.9 Å². The molecular weight excluding hydrogens is 286 g/mol. The molecule has 0 saturated carbocycles. The second kappa shape index (κ2) is 7.85. The highest BCUT2D eigenvalue weighted by Gasteiger charge is 2.09. The molecule has 0 aliphatic carbocycles. The Balaban J connectivity index is 1.84. The maximum Gasteiger partial charge on any atom is 0.230 e. The number of aromatic amines is 1. The first kappa shape index (κ1) is 15.6. The number of hydrogen-bond donors (Lipinski definition) is 2. The highest BCUT2D eigenvalue weighted by Crippen LogP contribution is 2.20. The summed E-state index contributed by atoms with van der Waals surface area (Å²) in [4.78, 5) is 19.2. The lowest BCUT2D eigenvalue weighted by Gasteiger charge is -2.11. The van der Waals surface area contributed by atoms with Crippen molar-refractivity contribution in [2.45, 2.75) is 18.1 Å². The molecule has 21 heavy (non-hydrogen) atoms. The number of nitrogens with zero attached hydrogens (tertiary/aromatic N) is 1. The van der Waals surface area contributed by atoms with Gasteiger partial charge in [0.2, 0.25) is 5.91 Å². The third kappa shape index (κ3) is 4.91. The fraction of sp³-hybridized carbons (Fsp3) is 0.333. The van der Waals surface area contributed by atoms with Crippen LogP contribution in [-0.2, 0) is 9.53 Å². The van der Waals surface area contributed by atoms with E-state index in [1.165, 1.54) is 11.8 Å². The molecule has 112 valence electrons. The molecule has 1 atom stereocenters. The number of carbonyl (C=O) groups is 1. The van der Waals surface area contributed by atoms with E-state index in [1.54, 1.807) is 13.3 Å². The number of imidazole rings is 1. The minimum absolute atomic E-state index is 0.0135. The van der Waals surface area contributed by atoms with Crippen LogP contribution in [0.4, 0.5) is 0 Å². The fourth-order valence-corrected chi connectivity index (χ4v) is 2.54. The monoisotopic (exact) mass is 305 g/mol. The van der Waals surface area contributed by atoms with E-state index in [9.17, 15) is 4.79 Å². The lowest BCUT2D eigenvalue weighted by atomic mass is 10.2. The maximum atomic E-state index is 11.7. The third-order valence-corrected chi connectivity index (χ3v) is 3.69. The van der Waals surface area contributed by atoms with Gasteiger partial charge >= 0.3 is 0 Å². The molecular formula is C15H19N3O2S. The van der Waals surface area contributed by atoms with Crippen molar-refractivity contribution >= 4 is 17.7 Å². The number of carbonyl (C=O) groups excluding carboxylic acids is 1. The highest BCUT2D eigenvalue weighted by molar-refractivity contribution is 7.99. The van der Waals surface area contributed by atoms with Gasteiger partial charge in [-0.1, -0.05) is 42.1 Å². The van der Waals surface area contributed by atoms with Gasteiger partial charge in [0.25, 0.3) is 0 Å². The Kier molecular flexibility index (Phi) is 5.83. The number of rotatable bonds is 7. The van der Waals surface area contributed by atoms with Crippen molar-refractivity contribution < 1.29 is 9.53 Å². The van der Waals surface area contributed by atoms with Crippen molar-refractivity contribution in [3.8, 4) is 11.3 Å². The molecule has 5 nitrogen and oxygen atoms in total. The van der Waals surface area contributed by atoms with Crippen LogP contribution in [0.25, 0.3) is 11.3 Å². The van der Waals surface area contributed by atoms with Crippen LogP contribution in [0, 0.1) is 0 Å². The molecule has 1 aromatic heterocycles. The van der Waals surface area contributed by atoms with E-state index in [1.807, 2.05) is 37.3 Å². The summed E-state index contributed by atoms with van der Waals surface area (Å²) in [5.41, 5.74) is 2.03. The lowest BCUT2D eigenvalue weighted by molar-refractivity contribution is -0.119. The third-order valence-electron chi connectivity index (χ3n) is 2.80. The van der Waals surface area contributed by atoms with Gasteiger partial charge in [-0.15, -0.1) is 0 Å². The summed E-state index contributed by atoms with van der Waals surface area (Å²) in [7, 11) is 1.62. The summed E-state index contributed by atoms with van der Waals surface area (Å²) in [6, 6.07) is 9.98. The summed E-state index contributed by atoms with van der Waals surface area (Å²) < 4.78 is 4.98. The quantitative estimate of drug-likeness (QED) is 0.770. The Bertz CT molecular complexity index is 571. The SMILES string of the molecule is COCC(C)NC(=O)CSc1ncc(-c2ccccc2)[nH]1. The summed E-state index contributed by atoms with van der Waals surface area (Å²) in [6.45, 7) is 2.42. The lowest BCUT2D eigenvalue weighted by Crippen LogP contribution is -2.36. The highest BCUT2D eigenvalue weighted by atomic mass is 32.2. The Hall–Kier alpha value is -1.79. The van der Waals surface area contributed by atoms with Crippen molar-refractivity contribution in [1.29, 1.82) is 0 Å². The number of hydrogen-bond acceptors (Lipinski definition) is 4. The van der Waals surface area contributed by atoms with Gasteiger partial charge in [-0.3, -0.25) is 4.79 Å². The van der Waals surface area contributed by atoms with Gasteiger partial charge in [-0.2, -0.15) is 0 Å². The first-order valence-corrected chi connectivity index (χ1v) is 7.69. The fourth-order valence-electron chi connectivity index (χ4n) is 1.88. The van der Waals surface area contributed by atoms with E-state index in [0.717, 1.165) is 16.4 Å². The molecule has 2 N–H and O–H groups in total. The largest absolute Gasteiger partial charge is 0.383 e. The zero-order valence-corrected chi connectivity index (χ0v) is 12.9. The van der Waals surface area contributed by atoms with Crippen molar-refractivity contribution in [1.82, 2.24) is 15.3 Å². The summed E-state index contributed by atoms with van der Waals surface area (Å²) in [5, 5.41) is 3.60. The Morgan fingerprint density at radius 1 is 1.43 bits per heavy atom. The predicted octanol–water partition coefficient (Wildman–Crippen LogP) is 2.32. The van der Waals surface area contributed by atoms with Crippen LogP contribution in [0.2, 0.25) is 0 Å². The van der Waals surface area contributed by atoms with Gasteiger partial charge < -0.3 is 15.0 Å². The number of amides is 1. The molecule has 1 heterocycles. The minimum atomic E-state index is -0.0257. The van der Waals surface area contributed by atoms with Crippen molar-refractivity contribution in [3.63, 3.8) is 0 Å². The molecule has 1 amide bonds. The number of aromatic nitrogens is 2. The molecule has 0 aliphatic heterocycles. The smallest absolute Gasteiger partial charge is 0.230 e. The van der Waals surface area contributed by atoms with Crippen molar-refractivity contribution in [2.75, 3.05) is 19.5 Å². The standard InChI is InChI=1S/C15H19N3O2S/c1-11(9-20-2)17-14(19)10-21-15-16-8-13(18-15)12-6-4-3-5-7-12/h3-8,11H,9-10H2,1-2H3,(H,16,18)(H,17,19). The Morgan fingerprint density at radius 2 is 2.19 bits per heavy atom. The number of benzene rings is 1. The molecule has 0 radical (unpaired) electrons. The Morgan fingerprint density at radius 3 is 2.90 bits per heavy atom. The average Bonchev–Trinajstić information content (AvgIpc) is 2.95. The molecule has 6 heteroatoms. The minimum Gasteiger partial charge on any atom is -0.383 e.